The van der Waals surface area contributed by atoms with Crippen LogP contribution in [0.3, 0.4) is 0 Å². The van der Waals surface area contributed by atoms with Crippen LogP contribution in [0.25, 0.3) is 0 Å². The number of nitrogens with zero attached hydrogens (tertiary/aromatic N) is 4. The summed E-state index contributed by atoms with van der Waals surface area (Å²) in [5, 5.41) is 0.535. The average molecular weight is 305 g/mol. The van der Waals surface area contributed by atoms with Crippen molar-refractivity contribution < 1.29 is 4.79 Å². The van der Waals surface area contributed by atoms with E-state index in [-0.39, 0.29) is 5.91 Å². The van der Waals surface area contributed by atoms with Gasteiger partial charge in [0, 0.05) is 45.1 Å². The van der Waals surface area contributed by atoms with Gasteiger partial charge in [-0.3, -0.25) is 4.79 Å². The van der Waals surface area contributed by atoms with Crippen molar-refractivity contribution in [2.45, 2.75) is 19.4 Å². The van der Waals surface area contributed by atoms with Crippen molar-refractivity contribution in [2.75, 3.05) is 13.6 Å². The van der Waals surface area contributed by atoms with E-state index in [2.05, 4.69) is 14.5 Å². The zero-order chi connectivity index (χ0) is 14.8. The Morgan fingerprint density at radius 3 is 3.10 bits per heavy atom. The van der Waals surface area contributed by atoms with E-state index in [0.29, 0.717) is 16.6 Å². The van der Waals surface area contributed by atoms with Gasteiger partial charge in [-0.1, -0.05) is 11.6 Å². The molecule has 0 saturated carbocycles. The summed E-state index contributed by atoms with van der Waals surface area (Å²) in [5.41, 5.74) is 0.430. The van der Waals surface area contributed by atoms with E-state index in [4.69, 9.17) is 11.6 Å². The van der Waals surface area contributed by atoms with Crippen molar-refractivity contribution in [3.05, 3.63) is 47.3 Å². The minimum absolute atomic E-state index is 0.0689. The Kier molecular flexibility index (Phi) is 3.92. The van der Waals surface area contributed by atoms with Crippen LogP contribution in [0, 0.1) is 5.92 Å². The van der Waals surface area contributed by atoms with Gasteiger partial charge in [0.15, 0.2) is 0 Å². The van der Waals surface area contributed by atoms with Gasteiger partial charge < -0.3 is 9.47 Å². The monoisotopic (exact) mass is 304 g/mol. The van der Waals surface area contributed by atoms with Gasteiger partial charge in [0.2, 0.25) is 0 Å². The summed E-state index contributed by atoms with van der Waals surface area (Å²) in [5.74, 6) is 1.48. The molecule has 0 bridgehead atoms. The Bertz CT molecular complexity index is 637. The van der Waals surface area contributed by atoms with Crippen LogP contribution in [-0.4, -0.2) is 38.9 Å². The first-order valence-corrected chi connectivity index (χ1v) is 7.38. The molecule has 3 rings (SSSR count). The fraction of sp³-hybridized carbons (Fsp3) is 0.400. The van der Waals surface area contributed by atoms with E-state index in [1.807, 2.05) is 19.4 Å². The zero-order valence-corrected chi connectivity index (χ0v) is 12.6. The quantitative estimate of drug-likeness (QED) is 0.874. The summed E-state index contributed by atoms with van der Waals surface area (Å²) < 4.78 is 2.18. The Morgan fingerprint density at radius 2 is 2.33 bits per heavy atom. The first-order valence-electron chi connectivity index (χ1n) is 7.00. The first-order chi connectivity index (χ1) is 10.1. The largest absolute Gasteiger partial charge is 0.340 e. The molecular formula is C15H17ClN4O. The topological polar surface area (TPSA) is 51.0 Å². The number of imidazole rings is 1. The normalized spacial score (nSPS) is 17.3. The molecule has 2 aromatic rings. The van der Waals surface area contributed by atoms with E-state index in [1.54, 1.807) is 17.0 Å². The molecule has 0 radical (unpaired) electrons. The number of fused-ring (bicyclic) bond motifs is 1. The Hall–Kier alpha value is -1.88. The van der Waals surface area contributed by atoms with Crippen molar-refractivity contribution in [3.8, 4) is 0 Å². The highest BCUT2D eigenvalue weighted by atomic mass is 35.5. The molecule has 0 aliphatic carbocycles. The van der Waals surface area contributed by atoms with Gasteiger partial charge >= 0.3 is 0 Å². The van der Waals surface area contributed by atoms with Crippen LogP contribution >= 0.6 is 11.6 Å². The van der Waals surface area contributed by atoms with Crippen LogP contribution in [0.1, 0.15) is 22.7 Å². The van der Waals surface area contributed by atoms with Gasteiger partial charge in [-0.25, -0.2) is 9.97 Å². The molecule has 0 fully saturated rings. The van der Waals surface area contributed by atoms with Crippen LogP contribution in [0.4, 0.5) is 0 Å². The number of amides is 1. The minimum Gasteiger partial charge on any atom is -0.340 e. The fourth-order valence-electron chi connectivity index (χ4n) is 2.74. The first kappa shape index (κ1) is 14.1. The maximum atomic E-state index is 12.3. The maximum Gasteiger partial charge on any atom is 0.272 e. The Labute approximate surface area is 128 Å². The predicted molar refractivity (Wildman–Crippen MR) is 80.2 cm³/mol. The zero-order valence-electron chi connectivity index (χ0n) is 11.9. The number of aromatic nitrogens is 3. The van der Waals surface area contributed by atoms with Crippen LogP contribution < -0.4 is 0 Å². The molecule has 0 spiro atoms. The van der Waals surface area contributed by atoms with E-state index >= 15 is 0 Å². The lowest BCUT2D eigenvalue weighted by Gasteiger charge is -2.27. The van der Waals surface area contributed by atoms with Crippen molar-refractivity contribution in [2.24, 2.45) is 5.92 Å². The summed E-state index contributed by atoms with van der Waals surface area (Å²) in [6.45, 7) is 1.69. The molecule has 0 aromatic carbocycles. The molecule has 110 valence electrons. The van der Waals surface area contributed by atoms with Crippen LogP contribution in [-0.2, 0) is 13.0 Å². The third-order valence-corrected chi connectivity index (χ3v) is 4.10. The summed E-state index contributed by atoms with van der Waals surface area (Å²) in [4.78, 5) is 22.5. The van der Waals surface area contributed by atoms with Gasteiger partial charge in [-0.2, -0.15) is 0 Å². The second-order valence-electron chi connectivity index (χ2n) is 5.44. The van der Waals surface area contributed by atoms with Crippen molar-refractivity contribution in [3.63, 3.8) is 0 Å². The SMILES string of the molecule is CN(CC1CCn2ccnc2C1)C(=O)c1ccc(Cl)cn1. The lowest BCUT2D eigenvalue weighted by Crippen LogP contribution is -2.35. The molecule has 0 saturated heterocycles. The lowest BCUT2D eigenvalue weighted by molar-refractivity contribution is 0.0758. The highest BCUT2D eigenvalue weighted by Gasteiger charge is 2.23. The Balaban J connectivity index is 1.63. The molecule has 21 heavy (non-hydrogen) atoms. The third-order valence-electron chi connectivity index (χ3n) is 3.88. The molecule has 5 nitrogen and oxygen atoms in total. The molecule has 1 aliphatic rings. The summed E-state index contributed by atoms with van der Waals surface area (Å²) >= 11 is 5.79. The molecule has 6 heteroatoms. The number of carbonyl (C=O) groups is 1. The second-order valence-corrected chi connectivity index (χ2v) is 5.88. The highest BCUT2D eigenvalue weighted by molar-refractivity contribution is 6.30. The molecule has 1 unspecified atom stereocenters. The van der Waals surface area contributed by atoms with Crippen LogP contribution in [0.5, 0.6) is 0 Å². The predicted octanol–water partition coefficient (Wildman–Crippen LogP) is 2.27. The number of pyridine rings is 1. The third kappa shape index (κ3) is 3.08. The van der Waals surface area contributed by atoms with Crippen molar-refractivity contribution in [1.29, 1.82) is 0 Å². The number of aryl methyl sites for hydroxylation is 1. The smallest absolute Gasteiger partial charge is 0.272 e. The van der Waals surface area contributed by atoms with E-state index in [1.165, 1.54) is 6.20 Å². The van der Waals surface area contributed by atoms with Crippen molar-refractivity contribution in [1.82, 2.24) is 19.4 Å². The van der Waals surface area contributed by atoms with Gasteiger partial charge in [0.25, 0.3) is 5.91 Å². The fourth-order valence-corrected chi connectivity index (χ4v) is 2.85. The minimum atomic E-state index is -0.0689. The average Bonchev–Trinajstić information content (AvgIpc) is 2.95. The molecule has 1 aliphatic heterocycles. The summed E-state index contributed by atoms with van der Waals surface area (Å²) in [6, 6.07) is 3.35. The van der Waals surface area contributed by atoms with Gasteiger partial charge in [-0.15, -0.1) is 0 Å². The Morgan fingerprint density at radius 1 is 1.48 bits per heavy atom. The van der Waals surface area contributed by atoms with Crippen LogP contribution in [0.15, 0.2) is 30.7 Å². The van der Waals surface area contributed by atoms with Crippen molar-refractivity contribution >= 4 is 17.5 Å². The number of carbonyl (C=O) groups excluding carboxylic acids is 1. The molecule has 1 atom stereocenters. The van der Waals surface area contributed by atoms with Gasteiger partial charge in [0.1, 0.15) is 11.5 Å². The van der Waals surface area contributed by atoms with Gasteiger partial charge in [-0.05, 0) is 24.5 Å². The number of hydrogen-bond donors (Lipinski definition) is 0. The number of rotatable bonds is 3. The molecule has 2 aromatic heterocycles. The lowest BCUT2D eigenvalue weighted by atomic mass is 9.97. The number of halogens is 1. The standard InChI is InChI=1S/C15H17ClN4O/c1-19(15(21)13-3-2-12(16)9-18-13)10-11-4-6-20-7-5-17-14(20)8-11/h2-3,5,7,9,11H,4,6,8,10H2,1H3. The molecule has 1 amide bonds. The number of hydrogen-bond acceptors (Lipinski definition) is 3. The van der Waals surface area contributed by atoms with E-state index in [9.17, 15) is 4.79 Å². The van der Waals surface area contributed by atoms with Gasteiger partial charge in [0.05, 0.1) is 5.02 Å². The van der Waals surface area contributed by atoms with E-state index in [0.717, 1.165) is 31.8 Å². The molecular weight excluding hydrogens is 288 g/mol. The summed E-state index contributed by atoms with van der Waals surface area (Å²) in [7, 11) is 1.82. The maximum absolute atomic E-state index is 12.3. The van der Waals surface area contributed by atoms with E-state index < -0.39 is 0 Å². The summed E-state index contributed by atoms with van der Waals surface area (Å²) in [6.07, 6.45) is 7.33. The highest BCUT2D eigenvalue weighted by Crippen LogP contribution is 2.20. The molecule has 3 heterocycles. The molecule has 0 N–H and O–H groups in total. The van der Waals surface area contributed by atoms with Crippen LogP contribution in [0.2, 0.25) is 5.02 Å². The second kappa shape index (κ2) is 5.85.